The van der Waals surface area contributed by atoms with Crippen LogP contribution in [-0.4, -0.2) is 65.7 Å². The van der Waals surface area contributed by atoms with Crippen molar-refractivity contribution < 1.29 is 47.8 Å². The summed E-state index contributed by atoms with van der Waals surface area (Å²) in [5, 5.41) is 18.4. The number of ether oxygens (including phenoxy) is 2. The molecule has 0 aliphatic carbocycles. The molecule has 10 nitrogen and oxygen atoms in total. The zero-order valence-corrected chi connectivity index (χ0v) is 38.6. The van der Waals surface area contributed by atoms with Crippen molar-refractivity contribution >= 4 is 19.8 Å². The van der Waals surface area contributed by atoms with Crippen LogP contribution in [0.1, 0.15) is 219 Å². The van der Waals surface area contributed by atoms with Crippen LogP contribution in [0.25, 0.3) is 0 Å². The number of hydrogen-bond acceptors (Lipinski definition) is 9. The van der Waals surface area contributed by atoms with E-state index in [-0.39, 0.29) is 19.4 Å². The van der Waals surface area contributed by atoms with Crippen LogP contribution in [-0.2, 0) is 32.7 Å². The second kappa shape index (κ2) is 44.3. The highest BCUT2D eigenvalue weighted by Gasteiger charge is 2.27. The summed E-state index contributed by atoms with van der Waals surface area (Å²) in [6.45, 7) is 2.29. The number of esters is 2. The third-order valence-electron chi connectivity index (χ3n) is 10.3. The van der Waals surface area contributed by atoms with Crippen molar-refractivity contribution in [3.8, 4) is 0 Å². The van der Waals surface area contributed by atoms with Gasteiger partial charge in [0, 0.05) is 12.8 Å². The maximum atomic E-state index is 12.6. The Kier molecular flexibility index (Phi) is 42.9. The summed E-state index contributed by atoms with van der Waals surface area (Å²) in [5.74, 6) is -0.927. The summed E-state index contributed by atoms with van der Waals surface area (Å²) in [4.78, 5) is 35.1. The molecule has 3 unspecified atom stereocenters. The van der Waals surface area contributed by atoms with Gasteiger partial charge in [0.05, 0.1) is 19.8 Å². The van der Waals surface area contributed by atoms with Gasteiger partial charge in [0.2, 0.25) is 0 Å². The molecule has 0 aliphatic heterocycles. The molecule has 0 aromatic carbocycles. The molecular weight excluding hydrogens is 767 g/mol. The van der Waals surface area contributed by atoms with Crippen molar-refractivity contribution in [1.29, 1.82) is 0 Å². The molecule has 0 rings (SSSR count). The number of aliphatic hydroxyl groups is 2. The molecule has 59 heavy (non-hydrogen) atoms. The number of carbonyl (C=O) groups is 2. The zero-order chi connectivity index (χ0) is 43.3. The lowest BCUT2D eigenvalue weighted by Crippen LogP contribution is -2.29. The predicted molar refractivity (Wildman–Crippen MR) is 242 cm³/mol. The first kappa shape index (κ1) is 57.2. The topological polar surface area (TPSA) is 149 Å². The van der Waals surface area contributed by atoms with Gasteiger partial charge in [-0.15, -0.1) is 0 Å². The third kappa shape index (κ3) is 44.1. The van der Waals surface area contributed by atoms with Crippen molar-refractivity contribution in [3.05, 3.63) is 36.5 Å². The average Bonchev–Trinajstić information content (AvgIpc) is 3.22. The lowest BCUT2D eigenvalue weighted by atomic mass is 10.0. The molecule has 0 aliphatic rings. The molecule has 0 bridgehead atoms. The second-order valence-corrected chi connectivity index (χ2v) is 17.6. The summed E-state index contributed by atoms with van der Waals surface area (Å²) in [6, 6.07) is 0. The fourth-order valence-corrected chi connectivity index (χ4v) is 7.45. The lowest BCUT2D eigenvalue weighted by Gasteiger charge is -2.20. The van der Waals surface area contributed by atoms with Gasteiger partial charge in [0.1, 0.15) is 12.7 Å². The number of phosphoric ester groups is 1. The van der Waals surface area contributed by atoms with E-state index in [1.54, 1.807) is 0 Å². The molecule has 0 aromatic rings. The molecule has 0 fully saturated rings. The Bertz CT molecular complexity index is 1080. The van der Waals surface area contributed by atoms with E-state index in [0.717, 1.165) is 70.6 Å². The van der Waals surface area contributed by atoms with E-state index in [9.17, 15) is 24.2 Å². The molecule has 0 saturated carbocycles. The van der Waals surface area contributed by atoms with E-state index in [4.69, 9.17) is 23.6 Å². The Morgan fingerprint density at radius 3 is 1.41 bits per heavy atom. The second-order valence-electron chi connectivity index (χ2n) is 16.1. The van der Waals surface area contributed by atoms with Crippen LogP contribution in [0, 0.1) is 0 Å². The quantitative estimate of drug-likeness (QED) is 0.0234. The van der Waals surface area contributed by atoms with Gasteiger partial charge in [0.15, 0.2) is 6.10 Å². The lowest BCUT2D eigenvalue weighted by molar-refractivity contribution is -0.161. The SMILES string of the molecule is CC/C=C\C/C=C\C/C=C\CCCCCCCCCC(=O)OC(COC(=O)CCCCCCCCCCCCCCCCCCCCC)COP(=O)(O)OCC(O)CO. The van der Waals surface area contributed by atoms with Gasteiger partial charge < -0.3 is 24.6 Å². The molecule has 0 radical (unpaired) electrons. The molecule has 0 aromatic heterocycles. The van der Waals surface area contributed by atoms with Crippen LogP contribution in [0.5, 0.6) is 0 Å². The number of allylic oxidation sites excluding steroid dienone is 6. The van der Waals surface area contributed by atoms with Crippen molar-refractivity contribution in [2.75, 3.05) is 26.4 Å². The van der Waals surface area contributed by atoms with Gasteiger partial charge in [-0.3, -0.25) is 18.6 Å². The normalized spacial score (nSPS) is 14.1. The van der Waals surface area contributed by atoms with Gasteiger partial charge in [-0.1, -0.05) is 198 Å². The van der Waals surface area contributed by atoms with Gasteiger partial charge in [-0.2, -0.15) is 0 Å². The van der Waals surface area contributed by atoms with Crippen LogP contribution in [0.15, 0.2) is 36.5 Å². The van der Waals surface area contributed by atoms with Crippen molar-refractivity contribution in [3.63, 3.8) is 0 Å². The Morgan fingerprint density at radius 2 is 0.932 bits per heavy atom. The van der Waals surface area contributed by atoms with Crippen molar-refractivity contribution in [2.24, 2.45) is 0 Å². The van der Waals surface area contributed by atoms with E-state index >= 15 is 0 Å². The summed E-state index contributed by atoms with van der Waals surface area (Å²) in [5.41, 5.74) is 0. The van der Waals surface area contributed by atoms with Crippen molar-refractivity contribution in [2.45, 2.75) is 232 Å². The summed E-state index contributed by atoms with van der Waals surface area (Å²) >= 11 is 0. The Morgan fingerprint density at radius 1 is 0.525 bits per heavy atom. The van der Waals surface area contributed by atoms with E-state index in [0.29, 0.717) is 12.8 Å². The number of rotatable bonds is 45. The van der Waals surface area contributed by atoms with E-state index in [1.165, 1.54) is 109 Å². The molecule has 0 heterocycles. The Balaban J connectivity index is 4.21. The molecule has 346 valence electrons. The predicted octanol–water partition coefficient (Wildman–Crippen LogP) is 13.1. The minimum absolute atomic E-state index is 0.175. The minimum atomic E-state index is -4.62. The molecule has 11 heteroatoms. The number of hydrogen-bond donors (Lipinski definition) is 3. The van der Waals surface area contributed by atoms with Gasteiger partial charge in [-0.25, -0.2) is 4.57 Å². The smallest absolute Gasteiger partial charge is 0.462 e. The first-order valence-corrected chi connectivity index (χ1v) is 25.4. The van der Waals surface area contributed by atoms with Gasteiger partial charge in [-0.05, 0) is 44.9 Å². The monoisotopic (exact) mass is 857 g/mol. The van der Waals surface area contributed by atoms with Gasteiger partial charge >= 0.3 is 19.8 Å². The van der Waals surface area contributed by atoms with E-state index in [1.807, 2.05) is 0 Å². The van der Waals surface area contributed by atoms with Crippen LogP contribution < -0.4 is 0 Å². The number of carbonyl (C=O) groups excluding carboxylic acids is 2. The molecule has 0 amide bonds. The largest absolute Gasteiger partial charge is 0.472 e. The van der Waals surface area contributed by atoms with Crippen LogP contribution in [0.4, 0.5) is 0 Å². The Hall–Kier alpha value is -1.81. The van der Waals surface area contributed by atoms with E-state index in [2.05, 4.69) is 50.3 Å². The number of unbranched alkanes of at least 4 members (excludes halogenated alkanes) is 25. The Labute approximate surface area is 361 Å². The molecular formula is C48H89O10P. The number of aliphatic hydroxyl groups excluding tert-OH is 2. The summed E-state index contributed by atoms with van der Waals surface area (Å²) in [6.07, 6.45) is 46.8. The van der Waals surface area contributed by atoms with Crippen molar-refractivity contribution in [1.82, 2.24) is 0 Å². The zero-order valence-electron chi connectivity index (χ0n) is 37.7. The van der Waals surface area contributed by atoms with Gasteiger partial charge in [0.25, 0.3) is 0 Å². The number of phosphoric acid groups is 1. The first-order valence-electron chi connectivity index (χ1n) is 23.9. The molecule has 0 spiro atoms. The fraction of sp³-hybridized carbons (Fsp3) is 0.833. The highest BCUT2D eigenvalue weighted by atomic mass is 31.2. The first-order chi connectivity index (χ1) is 28.7. The van der Waals surface area contributed by atoms with Crippen LogP contribution >= 0.6 is 7.82 Å². The molecule has 0 saturated heterocycles. The maximum absolute atomic E-state index is 12.6. The van der Waals surface area contributed by atoms with Crippen LogP contribution in [0.2, 0.25) is 0 Å². The van der Waals surface area contributed by atoms with E-state index < -0.39 is 51.8 Å². The molecule has 3 N–H and O–H groups in total. The highest BCUT2D eigenvalue weighted by molar-refractivity contribution is 7.47. The summed E-state index contributed by atoms with van der Waals surface area (Å²) < 4.78 is 32.8. The third-order valence-corrected chi connectivity index (χ3v) is 11.3. The summed E-state index contributed by atoms with van der Waals surface area (Å²) in [7, 11) is -4.62. The average molecular weight is 857 g/mol. The maximum Gasteiger partial charge on any atom is 0.472 e. The molecule has 3 atom stereocenters. The highest BCUT2D eigenvalue weighted by Crippen LogP contribution is 2.43. The minimum Gasteiger partial charge on any atom is -0.462 e. The standard InChI is InChI=1S/C48H89O10P/c1-3-5-7-9-11-13-15-17-19-21-22-24-25-27-29-31-33-35-37-39-47(51)55-43-46(44-57-59(53,54)56-42-45(50)41-49)58-48(52)40-38-36-34-32-30-28-26-23-20-18-16-14-12-10-8-6-4-2/h6,8,12,14,18,20,45-46,49-50H,3-5,7,9-11,13,15-17,19,21-44H2,1-2H3,(H,53,54)/b8-6-,14-12-,20-18-. The van der Waals surface area contributed by atoms with Crippen LogP contribution in [0.3, 0.4) is 0 Å². The fourth-order valence-electron chi connectivity index (χ4n) is 6.66.